The molecule has 0 saturated carbocycles. The van der Waals surface area contributed by atoms with E-state index in [1.807, 2.05) is 19.1 Å². The largest absolute Gasteiger partial charge is 0.369 e. The number of nitrogens with one attached hydrogen (secondary N) is 1. The normalized spacial score (nSPS) is 11.0. The molecule has 0 unspecified atom stereocenters. The molecule has 21 heavy (non-hydrogen) atoms. The van der Waals surface area contributed by atoms with Crippen LogP contribution in [-0.2, 0) is 0 Å². The van der Waals surface area contributed by atoms with Crippen molar-refractivity contribution in [1.29, 1.82) is 0 Å². The number of hydrogen-bond acceptors (Lipinski definition) is 3. The molecule has 0 radical (unpaired) electrons. The molecular formula is C15H16BrCl2N3. The van der Waals surface area contributed by atoms with Gasteiger partial charge in [-0.15, -0.1) is 0 Å². The second-order valence-corrected chi connectivity index (χ2v) is 6.60. The molecular weight excluding hydrogens is 373 g/mol. The summed E-state index contributed by atoms with van der Waals surface area (Å²) in [4.78, 5) is 9.22. The molecule has 6 heteroatoms. The first-order chi connectivity index (χ1) is 9.92. The first-order valence-corrected chi connectivity index (χ1v) is 8.25. The van der Waals surface area contributed by atoms with Gasteiger partial charge >= 0.3 is 0 Å². The fourth-order valence-electron chi connectivity index (χ4n) is 1.94. The summed E-state index contributed by atoms with van der Waals surface area (Å²) in [6, 6.07) is 5.33. The number of benzene rings is 1. The van der Waals surface area contributed by atoms with E-state index in [-0.39, 0.29) is 5.92 Å². The SMILES string of the molecule is CCNc1nc(-c2cc(Cl)cc(Cl)c2)nc(C(C)C)c1Br. The molecule has 1 heterocycles. The number of nitrogens with zero attached hydrogens (tertiary/aromatic N) is 2. The fourth-order valence-corrected chi connectivity index (χ4v) is 3.25. The number of rotatable bonds is 4. The number of aromatic nitrogens is 2. The Morgan fingerprint density at radius 2 is 1.76 bits per heavy atom. The molecule has 0 aliphatic rings. The van der Waals surface area contributed by atoms with Crippen molar-refractivity contribution in [3.8, 4) is 11.4 Å². The van der Waals surface area contributed by atoms with Crippen LogP contribution in [0.3, 0.4) is 0 Å². The zero-order valence-corrected chi connectivity index (χ0v) is 15.1. The Labute approximate surface area is 143 Å². The number of halogens is 3. The summed E-state index contributed by atoms with van der Waals surface area (Å²) in [5, 5.41) is 4.39. The van der Waals surface area contributed by atoms with E-state index in [1.165, 1.54) is 0 Å². The molecule has 2 rings (SSSR count). The molecule has 3 nitrogen and oxygen atoms in total. The minimum absolute atomic E-state index is 0.271. The molecule has 2 aromatic rings. The first-order valence-electron chi connectivity index (χ1n) is 6.70. The lowest BCUT2D eigenvalue weighted by molar-refractivity contribution is 0.809. The quantitative estimate of drug-likeness (QED) is 0.722. The highest BCUT2D eigenvalue weighted by molar-refractivity contribution is 9.10. The summed E-state index contributed by atoms with van der Waals surface area (Å²) in [7, 11) is 0. The molecule has 0 aliphatic heterocycles. The maximum Gasteiger partial charge on any atom is 0.161 e. The maximum atomic E-state index is 6.07. The fraction of sp³-hybridized carbons (Fsp3) is 0.333. The van der Waals surface area contributed by atoms with Gasteiger partial charge in [0.2, 0.25) is 0 Å². The van der Waals surface area contributed by atoms with Crippen LogP contribution in [0.1, 0.15) is 32.4 Å². The molecule has 0 spiro atoms. The van der Waals surface area contributed by atoms with Crippen molar-refractivity contribution < 1.29 is 0 Å². The van der Waals surface area contributed by atoms with Gasteiger partial charge in [-0.1, -0.05) is 37.0 Å². The van der Waals surface area contributed by atoms with Gasteiger partial charge in [-0.3, -0.25) is 0 Å². The predicted octanol–water partition coefficient (Wildman–Crippen LogP) is 5.77. The van der Waals surface area contributed by atoms with E-state index in [0.29, 0.717) is 15.9 Å². The van der Waals surface area contributed by atoms with Gasteiger partial charge < -0.3 is 5.32 Å². The third-order valence-electron chi connectivity index (χ3n) is 2.89. The van der Waals surface area contributed by atoms with Crippen molar-refractivity contribution in [2.45, 2.75) is 26.7 Å². The molecule has 0 amide bonds. The first kappa shape index (κ1) is 16.5. The summed E-state index contributed by atoms with van der Waals surface area (Å²) in [5.41, 5.74) is 1.76. The third kappa shape index (κ3) is 3.87. The molecule has 112 valence electrons. The van der Waals surface area contributed by atoms with Gasteiger partial charge in [-0.25, -0.2) is 9.97 Å². The minimum atomic E-state index is 0.271. The van der Waals surface area contributed by atoms with Crippen LogP contribution in [0.15, 0.2) is 22.7 Å². The van der Waals surface area contributed by atoms with Crippen LogP contribution in [0, 0.1) is 0 Å². The monoisotopic (exact) mass is 387 g/mol. The van der Waals surface area contributed by atoms with Gasteiger partial charge in [0.25, 0.3) is 0 Å². The Morgan fingerprint density at radius 3 is 2.29 bits per heavy atom. The Kier molecular flexibility index (Phi) is 5.47. The Hall–Kier alpha value is -0.840. The van der Waals surface area contributed by atoms with E-state index in [4.69, 9.17) is 23.2 Å². The van der Waals surface area contributed by atoms with Crippen molar-refractivity contribution >= 4 is 44.9 Å². The van der Waals surface area contributed by atoms with Crippen molar-refractivity contribution in [3.05, 3.63) is 38.4 Å². The third-order valence-corrected chi connectivity index (χ3v) is 4.11. The van der Waals surface area contributed by atoms with Gasteiger partial charge in [0.05, 0.1) is 10.2 Å². The molecule has 1 aromatic carbocycles. The Morgan fingerprint density at radius 1 is 1.14 bits per heavy atom. The van der Waals surface area contributed by atoms with Crippen LogP contribution in [0.2, 0.25) is 10.0 Å². The van der Waals surface area contributed by atoms with Crippen LogP contribution in [0.5, 0.6) is 0 Å². The second kappa shape index (κ2) is 6.95. The van der Waals surface area contributed by atoms with Crippen LogP contribution in [0.25, 0.3) is 11.4 Å². The van der Waals surface area contributed by atoms with E-state index in [1.54, 1.807) is 6.07 Å². The highest BCUT2D eigenvalue weighted by Crippen LogP contribution is 2.32. The molecule has 0 bridgehead atoms. The van der Waals surface area contributed by atoms with Crippen LogP contribution >= 0.6 is 39.1 Å². The van der Waals surface area contributed by atoms with E-state index in [2.05, 4.69) is 45.1 Å². The van der Waals surface area contributed by atoms with Crippen LogP contribution in [-0.4, -0.2) is 16.5 Å². The highest BCUT2D eigenvalue weighted by atomic mass is 79.9. The molecule has 0 atom stereocenters. The Bertz CT molecular complexity index is 639. The summed E-state index contributed by atoms with van der Waals surface area (Å²) >= 11 is 15.7. The summed E-state index contributed by atoms with van der Waals surface area (Å²) < 4.78 is 0.899. The highest BCUT2D eigenvalue weighted by Gasteiger charge is 2.16. The zero-order chi connectivity index (χ0) is 15.6. The van der Waals surface area contributed by atoms with E-state index in [9.17, 15) is 0 Å². The smallest absolute Gasteiger partial charge is 0.161 e. The summed E-state index contributed by atoms with van der Waals surface area (Å²) in [6.07, 6.45) is 0. The van der Waals surface area contributed by atoms with Crippen molar-refractivity contribution in [3.63, 3.8) is 0 Å². The topological polar surface area (TPSA) is 37.8 Å². The van der Waals surface area contributed by atoms with Gasteiger partial charge in [0.1, 0.15) is 5.82 Å². The maximum absolute atomic E-state index is 6.07. The summed E-state index contributed by atoms with van der Waals surface area (Å²) in [5.74, 6) is 1.66. The minimum Gasteiger partial charge on any atom is -0.369 e. The lowest BCUT2D eigenvalue weighted by Crippen LogP contribution is -2.07. The number of anilines is 1. The van der Waals surface area contributed by atoms with Crippen LogP contribution in [0.4, 0.5) is 5.82 Å². The summed E-state index contributed by atoms with van der Waals surface area (Å²) in [6.45, 7) is 7.00. The van der Waals surface area contributed by atoms with Gasteiger partial charge in [0.15, 0.2) is 5.82 Å². The van der Waals surface area contributed by atoms with Crippen molar-refractivity contribution in [2.24, 2.45) is 0 Å². The molecule has 0 fully saturated rings. The van der Waals surface area contributed by atoms with Gasteiger partial charge in [-0.2, -0.15) is 0 Å². The van der Waals surface area contributed by atoms with E-state index >= 15 is 0 Å². The molecule has 1 aromatic heterocycles. The Balaban J connectivity index is 2.62. The lowest BCUT2D eigenvalue weighted by atomic mass is 10.1. The van der Waals surface area contributed by atoms with Gasteiger partial charge in [-0.05, 0) is 47.0 Å². The van der Waals surface area contributed by atoms with Crippen molar-refractivity contribution in [2.75, 3.05) is 11.9 Å². The molecule has 1 N–H and O–H groups in total. The molecule has 0 aliphatic carbocycles. The number of hydrogen-bond donors (Lipinski definition) is 1. The second-order valence-electron chi connectivity index (χ2n) is 4.94. The standard InChI is InChI=1S/C15H16BrCl2N3/c1-4-19-15-12(16)13(8(2)3)20-14(21-15)9-5-10(17)7-11(18)6-9/h5-8H,4H2,1-3H3,(H,19,20,21). The average molecular weight is 389 g/mol. The predicted molar refractivity (Wildman–Crippen MR) is 93.4 cm³/mol. The lowest BCUT2D eigenvalue weighted by Gasteiger charge is -2.14. The van der Waals surface area contributed by atoms with E-state index in [0.717, 1.165) is 28.1 Å². The zero-order valence-electron chi connectivity index (χ0n) is 12.0. The van der Waals surface area contributed by atoms with Gasteiger partial charge in [0, 0.05) is 22.2 Å². The van der Waals surface area contributed by atoms with Crippen molar-refractivity contribution in [1.82, 2.24) is 9.97 Å². The van der Waals surface area contributed by atoms with Crippen LogP contribution < -0.4 is 5.32 Å². The average Bonchev–Trinajstić information content (AvgIpc) is 2.39. The van der Waals surface area contributed by atoms with E-state index < -0.39 is 0 Å². The molecule has 0 saturated heterocycles.